The zero-order valence-corrected chi connectivity index (χ0v) is 11.8. The Labute approximate surface area is 119 Å². The van der Waals surface area contributed by atoms with Gasteiger partial charge in [-0.15, -0.1) is 0 Å². The Morgan fingerprint density at radius 2 is 2.35 bits per heavy atom. The Hall–Kier alpha value is -1.75. The minimum atomic E-state index is -0.364. The van der Waals surface area contributed by atoms with Crippen LogP contribution in [0.2, 0.25) is 0 Å². The third-order valence-corrected chi connectivity index (χ3v) is 3.82. The van der Waals surface area contributed by atoms with Crippen LogP contribution in [0.25, 0.3) is 0 Å². The number of nitrogens with two attached hydrogens (primary N) is 1. The number of nitrogen functional groups attached to an aromatic ring is 1. The largest absolute Gasteiger partial charge is 0.465 e. The third kappa shape index (κ3) is 3.22. The van der Waals surface area contributed by atoms with Gasteiger partial charge in [-0.3, -0.25) is 0 Å². The van der Waals surface area contributed by atoms with E-state index in [2.05, 4.69) is 4.90 Å². The molecule has 20 heavy (non-hydrogen) atoms. The van der Waals surface area contributed by atoms with Gasteiger partial charge in [0.15, 0.2) is 0 Å². The van der Waals surface area contributed by atoms with Gasteiger partial charge in [-0.2, -0.15) is 0 Å². The van der Waals surface area contributed by atoms with Crippen LogP contribution in [0.4, 0.5) is 11.4 Å². The summed E-state index contributed by atoms with van der Waals surface area (Å²) in [5.41, 5.74) is 7.70. The van der Waals surface area contributed by atoms with Gasteiger partial charge in [-0.05, 0) is 43.4 Å². The smallest absolute Gasteiger partial charge is 0.340 e. The van der Waals surface area contributed by atoms with Gasteiger partial charge in [0.25, 0.3) is 0 Å². The molecule has 2 rings (SSSR count). The molecule has 0 spiro atoms. The fourth-order valence-electron chi connectivity index (χ4n) is 2.80. The first kappa shape index (κ1) is 14.7. The lowest BCUT2D eigenvalue weighted by Crippen LogP contribution is -2.36. The topological polar surface area (TPSA) is 75.8 Å². The van der Waals surface area contributed by atoms with Gasteiger partial charge >= 0.3 is 5.97 Å². The van der Waals surface area contributed by atoms with Crippen molar-refractivity contribution < 1.29 is 14.6 Å². The second-order valence-corrected chi connectivity index (χ2v) is 5.23. The highest BCUT2D eigenvalue weighted by Gasteiger charge is 2.23. The van der Waals surface area contributed by atoms with E-state index in [0.29, 0.717) is 17.2 Å². The quantitative estimate of drug-likeness (QED) is 0.647. The normalized spacial score (nSPS) is 18.9. The van der Waals surface area contributed by atoms with Crippen LogP contribution in [0.1, 0.15) is 29.6 Å². The molecule has 1 saturated heterocycles. The van der Waals surface area contributed by atoms with Gasteiger partial charge in [0.1, 0.15) is 0 Å². The van der Waals surface area contributed by atoms with Crippen molar-refractivity contribution in [3.05, 3.63) is 23.8 Å². The maximum atomic E-state index is 11.9. The van der Waals surface area contributed by atoms with Crippen molar-refractivity contribution in [2.45, 2.75) is 19.3 Å². The molecule has 5 nitrogen and oxygen atoms in total. The molecule has 0 bridgehead atoms. The Morgan fingerprint density at radius 3 is 3.05 bits per heavy atom. The predicted molar refractivity (Wildman–Crippen MR) is 78.8 cm³/mol. The minimum absolute atomic E-state index is 0.212. The average molecular weight is 278 g/mol. The van der Waals surface area contributed by atoms with Crippen LogP contribution < -0.4 is 10.6 Å². The lowest BCUT2D eigenvalue weighted by molar-refractivity contribution is 0.0601. The molecule has 110 valence electrons. The number of nitrogens with zero attached hydrogens (tertiary/aromatic N) is 1. The lowest BCUT2D eigenvalue weighted by Gasteiger charge is -2.35. The summed E-state index contributed by atoms with van der Waals surface area (Å²) in [6.45, 7) is 1.98. The van der Waals surface area contributed by atoms with Crippen LogP contribution in [0.15, 0.2) is 18.2 Å². The van der Waals surface area contributed by atoms with Gasteiger partial charge in [0.2, 0.25) is 0 Å². The highest BCUT2D eigenvalue weighted by Crippen LogP contribution is 2.29. The first-order valence-electron chi connectivity index (χ1n) is 6.99. The molecule has 0 amide bonds. The number of ether oxygens (including phenoxy) is 1. The molecule has 1 heterocycles. The second kappa shape index (κ2) is 6.61. The van der Waals surface area contributed by atoms with Crippen molar-refractivity contribution in [2.75, 3.05) is 37.4 Å². The van der Waals surface area contributed by atoms with Crippen molar-refractivity contribution in [3.8, 4) is 0 Å². The maximum absolute atomic E-state index is 11.9. The molecule has 0 saturated carbocycles. The number of hydrogen-bond acceptors (Lipinski definition) is 5. The first-order chi connectivity index (χ1) is 9.65. The number of esters is 1. The summed E-state index contributed by atoms with van der Waals surface area (Å²) >= 11 is 0. The molecule has 5 heteroatoms. The van der Waals surface area contributed by atoms with Crippen LogP contribution in [-0.4, -0.2) is 37.9 Å². The number of benzene rings is 1. The maximum Gasteiger partial charge on any atom is 0.340 e. The van der Waals surface area contributed by atoms with Gasteiger partial charge < -0.3 is 20.5 Å². The standard InChI is InChI=1S/C15H22N2O3/c1-20-15(19)13-9-12(16)4-5-14(13)17-7-2-3-11(10-17)6-8-18/h4-5,9,11,18H,2-3,6-8,10,16H2,1H3. The van der Waals surface area contributed by atoms with Crippen LogP contribution in [0, 0.1) is 5.92 Å². The van der Waals surface area contributed by atoms with E-state index in [1.165, 1.54) is 7.11 Å². The van der Waals surface area contributed by atoms with Gasteiger partial charge in [0, 0.05) is 25.4 Å². The average Bonchev–Trinajstić information content (AvgIpc) is 2.47. The van der Waals surface area contributed by atoms with E-state index in [9.17, 15) is 4.79 Å². The van der Waals surface area contributed by atoms with E-state index in [1.807, 2.05) is 6.07 Å². The molecule has 3 N–H and O–H groups in total. The number of piperidine rings is 1. The van der Waals surface area contributed by atoms with Crippen molar-refractivity contribution in [1.29, 1.82) is 0 Å². The van der Waals surface area contributed by atoms with Gasteiger partial charge in [-0.25, -0.2) is 4.79 Å². The molecule has 0 aromatic heterocycles. The summed E-state index contributed by atoms with van der Waals surface area (Å²) in [4.78, 5) is 14.1. The summed E-state index contributed by atoms with van der Waals surface area (Å²) in [5, 5.41) is 9.08. The van der Waals surface area contributed by atoms with Crippen molar-refractivity contribution >= 4 is 17.3 Å². The van der Waals surface area contributed by atoms with E-state index < -0.39 is 0 Å². The molecule has 0 aliphatic carbocycles. The SMILES string of the molecule is COC(=O)c1cc(N)ccc1N1CCCC(CCO)C1. The Bertz CT molecular complexity index is 474. The summed E-state index contributed by atoms with van der Waals surface area (Å²) in [7, 11) is 1.38. The van der Waals surface area contributed by atoms with Gasteiger partial charge in [-0.1, -0.05) is 0 Å². The van der Waals surface area contributed by atoms with E-state index in [4.69, 9.17) is 15.6 Å². The number of rotatable bonds is 4. The molecular formula is C15H22N2O3. The fraction of sp³-hybridized carbons (Fsp3) is 0.533. The summed E-state index contributed by atoms with van der Waals surface area (Å²) in [6.07, 6.45) is 2.99. The number of carbonyl (C=O) groups excluding carboxylic acids is 1. The Balaban J connectivity index is 2.25. The van der Waals surface area contributed by atoms with Crippen LogP contribution in [0.3, 0.4) is 0 Å². The molecule has 1 atom stereocenters. The molecule has 1 aliphatic rings. The predicted octanol–water partition coefficient (Wildman–Crippen LogP) is 1.65. The van der Waals surface area contributed by atoms with Crippen LogP contribution >= 0.6 is 0 Å². The third-order valence-electron chi connectivity index (χ3n) is 3.82. The highest BCUT2D eigenvalue weighted by atomic mass is 16.5. The molecule has 1 unspecified atom stereocenters. The van der Waals surface area contributed by atoms with Gasteiger partial charge in [0.05, 0.1) is 18.4 Å². The van der Waals surface area contributed by atoms with Crippen molar-refractivity contribution in [2.24, 2.45) is 5.92 Å². The molecule has 1 aromatic carbocycles. The molecule has 1 aromatic rings. The Morgan fingerprint density at radius 1 is 1.55 bits per heavy atom. The number of aliphatic hydroxyl groups is 1. The zero-order valence-electron chi connectivity index (χ0n) is 11.8. The van der Waals surface area contributed by atoms with E-state index in [-0.39, 0.29) is 12.6 Å². The number of aliphatic hydroxyl groups excluding tert-OH is 1. The van der Waals surface area contributed by atoms with Crippen molar-refractivity contribution in [3.63, 3.8) is 0 Å². The summed E-state index contributed by atoms with van der Waals surface area (Å²) in [5.74, 6) is 0.105. The zero-order chi connectivity index (χ0) is 14.5. The Kier molecular flexibility index (Phi) is 4.84. The minimum Gasteiger partial charge on any atom is -0.465 e. The summed E-state index contributed by atoms with van der Waals surface area (Å²) < 4.78 is 4.84. The number of anilines is 2. The number of carbonyl (C=O) groups is 1. The molecular weight excluding hydrogens is 256 g/mol. The first-order valence-corrected chi connectivity index (χ1v) is 6.99. The monoisotopic (exact) mass is 278 g/mol. The molecule has 0 radical (unpaired) electrons. The lowest BCUT2D eigenvalue weighted by atomic mass is 9.94. The second-order valence-electron chi connectivity index (χ2n) is 5.23. The fourth-order valence-corrected chi connectivity index (χ4v) is 2.80. The van der Waals surface area contributed by atoms with E-state index >= 15 is 0 Å². The summed E-state index contributed by atoms with van der Waals surface area (Å²) in [6, 6.07) is 5.34. The molecule has 1 aliphatic heterocycles. The number of hydrogen-bond donors (Lipinski definition) is 2. The number of methoxy groups -OCH3 is 1. The molecule has 1 fully saturated rings. The highest BCUT2D eigenvalue weighted by molar-refractivity contribution is 5.97. The van der Waals surface area contributed by atoms with Crippen LogP contribution in [-0.2, 0) is 4.74 Å². The van der Waals surface area contributed by atoms with Crippen molar-refractivity contribution in [1.82, 2.24) is 0 Å². The van der Waals surface area contributed by atoms with E-state index in [0.717, 1.165) is 38.0 Å². The van der Waals surface area contributed by atoms with Crippen LogP contribution in [0.5, 0.6) is 0 Å². The van der Waals surface area contributed by atoms with E-state index in [1.54, 1.807) is 12.1 Å².